The molecule has 3 aromatic rings. The first-order chi connectivity index (χ1) is 32.8. The van der Waals surface area contributed by atoms with Crippen LogP contribution in [0.15, 0.2) is 102 Å². The maximum absolute atomic E-state index is 15.3. The van der Waals surface area contributed by atoms with E-state index in [1.165, 1.54) is 13.8 Å². The number of carbonyl (C=O) groups excluding carboxylic acids is 5. The molecule has 8 rings (SSSR count). The van der Waals surface area contributed by atoms with Crippen LogP contribution in [0.4, 0.5) is 0 Å². The zero-order valence-electron chi connectivity index (χ0n) is 39.8. The monoisotopic (exact) mass is 969 g/mol. The van der Waals surface area contributed by atoms with E-state index in [9.17, 15) is 24.3 Å². The lowest BCUT2D eigenvalue weighted by molar-refractivity contribution is -0.371. The van der Waals surface area contributed by atoms with Crippen LogP contribution in [0.1, 0.15) is 101 Å². The molecule has 0 spiro atoms. The number of hydrogen-bond donors (Lipinski definition) is 2. The second-order valence-corrected chi connectivity index (χ2v) is 19.5. The van der Waals surface area contributed by atoms with Crippen molar-refractivity contribution in [3.63, 3.8) is 0 Å². The lowest BCUT2D eigenvalue weighted by Crippen LogP contribution is -2.83. The van der Waals surface area contributed by atoms with Crippen LogP contribution in [-0.4, -0.2) is 114 Å². The van der Waals surface area contributed by atoms with E-state index in [-0.39, 0.29) is 30.4 Å². The lowest BCUT2D eigenvalue weighted by atomic mass is 9.44. The number of benzene rings is 3. The number of amides is 1. The fourth-order valence-electron chi connectivity index (χ4n) is 11.6. The van der Waals surface area contributed by atoms with Crippen LogP contribution < -0.4 is 5.32 Å². The summed E-state index contributed by atoms with van der Waals surface area (Å²) in [5, 5.41) is 16.9. The highest BCUT2D eigenvalue weighted by atomic mass is 32.1. The van der Waals surface area contributed by atoms with E-state index in [1.54, 1.807) is 133 Å². The first-order valence-corrected chi connectivity index (χ1v) is 23.6. The Balaban J connectivity index is 1.32. The minimum Gasteiger partial charge on any atom is -0.456 e. The van der Waals surface area contributed by atoms with Crippen molar-refractivity contribution in [2.24, 2.45) is 16.7 Å². The normalized spacial score (nSPS) is 32.0. The summed E-state index contributed by atoms with van der Waals surface area (Å²) in [6, 6.07) is 24.3. The summed E-state index contributed by atoms with van der Waals surface area (Å²) in [7, 11) is 0. The summed E-state index contributed by atoms with van der Waals surface area (Å²) >= 11 is 5.64. The number of aliphatic hydroxyl groups is 1. The van der Waals surface area contributed by atoms with Gasteiger partial charge in [-0.25, -0.2) is 9.59 Å². The van der Waals surface area contributed by atoms with E-state index < -0.39 is 119 Å². The van der Waals surface area contributed by atoms with Gasteiger partial charge < -0.3 is 53.1 Å². The van der Waals surface area contributed by atoms with Crippen LogP contribution in [0.2, 0.25) is 0 Å². The number of nitrogens with one attached hydrogen (secondary N) is 1. The van der Waals surface area contributed by atoms with Gasteiger partial charge in [0.1, 0.15) is 30.0 Å². The Morgan fingerprint density at radius 2 is 1.46 bits per heavy atom. The van der Waals surface area contributed by atoms with Crippen LogP contribution in [-0.2, 0) is 57.0 Å². The predicted molar refractivity (Wildman–Crippen MR) is 249 cm³/mol. The van der Waals surface area contributed by atoms with Crippen molar-refractivity contribution in [3.05, 3.63) is 119 Å². The molecule has 0 aromatic heterocycles. The van der Waals surface area contributed by atoms with Gasteiger partial charge in [0, 0.05) is 56.5 Å². The first kappa shape index (κ1) is 49.7. The number of ether oxygens (including phenoxy) is 9. The number of esters is 4. The number of hydrogen-bond acceptors (Lipinski definition) is 16. The van der Waals surface area contributed by atoms with Crippen LogP contribution >= 0.6 is 12.2 Å². The molecule has 13 atom stereocenters. The van der Waals surface area contributed by atoms with Crippen LogP contribution in [0, 0.1) is 16.7 Å². The Morgan fingerprint density at radius 3 is 2.04 bits per heavy atom. The van der Waals surface area contributed by atoms with Crippen molar-refractivity contribution in [2.45, 2.75) is 134 Å². The molecule has 5 aliphatic rings. The Kier molecular flexibility index (Phi) is 13.8. The molecule has 3 aromatic carbocycles. The smallest absolute Gasteiger partial charge is 0.353 e. The molecule has 2 aliphatic heterocycles. The van der Waals surface area contributed by atoms with E-state index in [0.717, 1.165) is 0 Å². The van der Waals surface area contributed by atoms with Gasteiger partial charge >= 0.3 is 29.1 Å². The van der Waals surface area contributed by atoms with Gasteiger partial charge in [0.15, 0.2) is 30.2 Å². The first-order valence-electron chi connectivity index (χ1n) is 23.2. The van der Waals surface area contributed by atoms with E-state index >= 15 is 4.79 Å². The molecule has 2 saturated carbocycles. The van der Waals surface area contributed by atoms with Crippen molar-refractivity contribution >= 4 is 47.2 Å². The standard InChI is InChI=1S/C52H59NO15S/c1-9-60-31(5)63-41(39(32-19-13-10-14-20-32)53-45(56)33-21-15-11-16-22-33)47(58)64-35-26-52(59)44(66-46(57)34-23-17-12-18-24-34)42-50(8)36(25-37-51(42,27-61-37)68-30(4)55)65-48(69)67-43(50)40(62-29(3)54)38(28(35)2)49(52,6)7/h10-24,31,35-37,39-44,59H,9,25-27H2,1-8H3,(H,53,56)/t31?,35-,36-,37+,39-,40+,41+,42-,43-,44-,50+,51-,52+/m0/s1. The molecule has 2 heterocycles. The molecule has 17 heteroatoms. The number of thiocarbonyl (C=S) groups is 1. The van der Waals surface area contributed by atoms with Gasteiger partial charge in [-0.05, 0) is 61.7 Å². The molecule has 368 valence electrons. The second kappa shape index (κ2) is 19.2. The average Bonchev–Trinajstić information content (AvgIpc) is 3.30. The Hall–Kier alpha value is -5.72. The van der Waals surface area contributed by atoms with E-state index in [4.69, 9.17) is 54.8 Å². The van der Waals surface area contributed by atoms with E-state index in [0.29, 0.717) is 22.3 Å². The van der Waals surface area contributed by atoms with Crippen LogP contribution in [0.25, 0.3) is 0 Å². The van der Waals surface area contributed by atoms with E-state index in [2.05, 4.69) is 5.32 Å². The lowest BCUT2D eigenvalue weighted by Gasteiger charge is -2.70. The molecule has 1 amide bonds. The van der Waals surface area contributed by atoms with Gasteiger partial charge in [0.2, 0.25) is 0 Å². The fraction of sp³-hybridized carbons (Fsp3) is 0.500. The van der Waals surface area contributed by atoms with Crippen molar-refractivity contribution in [2.75, 3.05) is 13.2 Å². The highest BCUT2D eigenvalue weighted by Crippen LogP contribution is 2.67. The number of rotatable bonds is 14. The highest BCUT2D eigenvalue weighted by molar-refractivity contribution is 7.79. The van der Waals surface area contributed by atoms with Gasteiger partial charge in [0.05, 0.1) is 29.5 Å². The minimum absolute atomic E-state index is 0.136. The predicted octanol–water partition coefficient (Wildman–Crippen LogP) is 6.28. The Bertz CT molecular complexity index is 2490. The van der Waals surface area contributed by atoms with E-state index in [1.807, 2.05) is 0 Å². The summed E-state index contributed by atoms with van der Waals surface area (Å²) in [6.07, 6.45) is -10.1. The SMILES string of the molecule is CCOC(C)O[C@@H](C(=O)O[C@H]1C[C@@]2(O)[C@@H](OC(=O)c3ccccc3)[C@@H]3[C@]4(OC(C)=O)CO[C@@H]4C[C@@H]4OC(=S)O[C@@H]([C@H](OC(C)=O)C(=C1C)C2(C)C)[C@]43C)[C@@H](NC(=O)c1ccccc1)c1ccccc1. The molecule has 1 unspecified atom stereocenters. The third-order valence-electron chi connectivity index (χ3n) is 14.8. The van der Waals surface area contributed by atoms with Crippen LogP contribution in [0.3, 0.4) is 0 Å². The Labute approximate surface area is 406 Å². The fourth-order valence-corrected chi connectivity index (χ4v) is 11.8. The minimum atomic E-state index is -2.25. The molecule has 2 N–H and O–H groups in total. The average molecular weight is 970 g/mol. The zero-order valence-corrected chi connectivity index (χ0v) is 40.6. The molecular formula is C52H59NO15S. The van der Waals surface area contributed by atoms with Crippen molar-refractivity contribution in [1.29, 1.82) is 0 Å². The van der Waals surface area contributed by atoms with Crippen LogP contribution in [0.5, 0.6) is 0 Å². The van der Waals surface area contributed by atoms with Gasteiger partial charge in [-0.3, -0.25) is 14.4 Å². The largest absolute Gasteiger partial charge is 0.456 e. The summed E-state index contributed by atoms with van der Waals surface area (Å²) < 4.78 is 57.1. The zero-order chi connectivity index (χ0) is 49.6. The summed E-state index contributed by atoms with van der Waals surface area (Å²) in [5.41, 5.74) is -5.10. The summed E-state index contributed by atoms with van der Waals surface area (Å²) in [4.78, 5) is 70.6. The molecule has 3 aliphatic carbocycles. The second-order valence-electron chi connectivity index (χ2n) is 19.1. The molecule has 16 nitrogen and oxygen atoms in total. The molecule has 2 saturated heterocycles. The van der Waals surface area contributed by atoms with Crippen molar-refractivity contribution in [1.82, 2.24) is 5.32 Å². The Morgan fingerprint density at radius 1 is 0.841 bits per heavy atom. The summed E-state index contributed by atoms with van der Waals surface area (Å²) in [5.74, 6) is -4.86. The van der Waals surface area contributed by atoms with Gasteiger partial charge in [-0.1, -0.05) is 87.5 Å². The quantitative estimate of drug-likeness (QED) is 0.0601. The van der Waals surface area contributed by atoms with Crippen molar-refractivity contribution in [3.8, 4) is 0 Å². The topological polar surface area (TPSA) is 201 Å². The van der Waals surface area contributed by atoms with Crippen molar-refractivity contribution < 1.29 is 71.7 Å². The number of fused-ring (bicyclic) bond motifs is 4. The number of carbonyl (C=O) groups is 5. The molecule has 4 fully saturated rings. The molecule has 69 heavy (non-hydrogen) atoms. The maximum atomic E-state index is 15.3. The molecular weight excluding hydrogens is 911 g/mol. The van der Waals surface area contributed by atoms with Gasteiger partial charge in [-0.15, -0.1) is 0 Å². The summed E-state index contributed by atoms with van der Waals surface area (Å²) in [6.45, 7) is 12.9. The van der Waals surface area contributed by atoms with Gasteiger partial charge in [-0.2, -0.15) is 0 Å². The van der Waals surface area contributed by atoms with Gasteiger partial charge in [0.25, 0.3) is 5.91 Å². The third kappa shape index (κ3) is 8.81. The molecule has 2 bridgehead atoms. The maximum Gasteiger partial charge on any atom is 0.353 e. The third-order valence-corrected chi connectivity index (χ3v) is 15.0. The highest BCUT2D eigenvalue weighted by Gasteiger charge is 2.80. The molecule has 0 radical (unpaired) electrons.